The Labute approximate surface area is 128 Å². The Morgan fingerprint density at radius 1 is 1.55 bits per heavy atom. The monoisotopic (exact) mass is 340 g/mol. The van der Waals surface area contributed by atoms with E-state index in [0.29, 0.717) is 24.5 Å². The largest absolute Gasteiger partial charge is 0.465 e. The van der Waals surface area contributed by atoms with Crippen LogP contribution in [0.2, 0.25) is 0 Å². The number of piperazine rings is 1. The molecule has 2 heterocycles. The predicted octanol–water partition coefficient (Wildman–Crippen LogP) is 0.939. The smallest absolute Gasteiger partial charge is 0.348 e. The second kappa shape index (κ2) is 6.86. The van der Waals surface area contributed by atoms with Crippen molar-refractivity contribution < 1.29 is 17.9 Å². The van der Waals surface area contributed by atoms with E-state index in [2.05, 4.69) is 10.1 Å². The summed E-state index contributed by atoms with van der Waals surface area (Å²) >= 11 is 1.08. The minimum absolute atomic E-state index is 0. The van der Waals surface area contributed by atoms with Crippen LogP contribution in [-0.2, 0) is 14.8 Å². The number of carbonyl (C=O) groups excluding carboxylic acids is 1. The summed E-state index contributed by atoms with van der Waals surface area (Å²) in [4.78, 5) is 11.8. The molecule has 9 heteroatoms. The third kappa shape index (κ3) is 3.32. The highest BCUT2D eigenvalue weighted by atomic mass is 35.5. The number of nitrogens with zero attached hydrogens (tertiary/aromatic N) is 1. The van der Waals surface area contributed by atoms with Gasteiger partial charge in [0.15, 0.2) is 0 Å². The van der Waals surface area contributed by atoms with E-state index in [0.717, 1.165) is 11.3 Å². The fraction of sp³-hybridized carbons (Fsp3) is 0.545. The molecule has 1 aromatic rings. The van der Waals surface area contributed by atoms with Crippen molar-refractivity contribution in [3.8, 4) is 0 Å². The summed E-state index contributed by atoms with van der Waals surface area (Å²) in [7, 11) is -2.26. The molecular weight excluding hydrogens is 324 g/mol. The first-order valence-corrected chi connectivity index (χ1v) is 8.18. The summed E-state index contributed by atoms with van der Waals surface area (Å²) in [5.74, 6) is -0.514. The molecule has 1 aliphatic heterocycles. The molecule has 1 saturated heterocycles. The normalized spacial score (nSPS) is 20.2. The van der Waals surface area contributed by atoms with Crippen LogP contribution in [-0.4, -0.2) is 51.5 Å². The third-order valence-corrected chi connectivity index (χ3v) is 6.06. The minimum Gasteiger partial charge on any atom is -0.465 e. The lowest BCUT2D eigenvalue weighted by molar-refractivity contribution is 0.0606. The van der Waals surface area contributed by atoms with E-state index >= 15 is 0 Å². The fourth-order valence-corrected chi connectivity index (χ4v) is 4.79. The summed E-state index contributed by atoms with van der Waals surface area (Å²) in [6.45, 7) is 3.56. The van der Waals surface area contributed by atoms with Crippen molar-refractivity contribution >= 4 is 39.7 Å². The van der Waals surface area contributed by atoms with Gasteiger partial charge in [0.05, 0.1) is 12.0 Å². The molecule has 1 fully saturated rings. The lowest BCUT2D eigenvalue weighted by Gasteiger charge is -2.32. The minimum atomic E-state index is -3.54. The van der Waals surface area contributed by atoms with E-state index in [1.807, 2.05) is 6.92 Å². The summed E-state index contributed by atoms with van der Waals surface area (Å²) in [6.07, 6.45) is 0. The Balaban J connectivity index is 0.00000200. The zero-order chi connectivity index (χ0) is 14.0. The van der Waals surface area contributed by atoms with Crippen LogP contribution in [0.5, 0.6) is 0 Å². The maximum atomic E-state index is 12.5. The van der Waals surface area contributed by atoms with Gasteiger partial charge in [-0.1, -0.05) is 0 Å². The van der Waals surface area contributed by atoms with Gasteiger partial charge in [0.25, 0.3) is 0 Å². The maximum absolute atomic E-state index is 12.5. The second-order valence-corrected chi connectivity index (χ2v) is 7.11. The molecule has 0 aliphatic carbocycles. The quantitative estimate of drug-likeness (QED) is 0.829. The topological polar surface area (TPSA) is 75.7 Å². The molecule has 1 atom stereocenters. The van der Waals surface area contributed by atoms with Crippen LogP contribution >= 0.6 is 23.7 Å². The Morgan fingerprint density at radius 3 is 2.85 bits per heavy atom. The van der Waals surface area contributed by atoms with Crippen molar-refractivity contribution in [3.05, 3.63) is 16.3 Å². The number of sulfonamides is 1. The number of ether oxygens (including phenoxy) is 1. The van der Waals surface area contributed by atoms with Crippen LogP contribution in [0.4, 0.5) is 0 Å². The van der Waals surface area contributed by atoms with E-state index in [1.54, 1.807) is 0 Å². The Morgan fingerprint density at radius 2 is 2.25 bits per heavy atom. The maximum Gasteiger partial charge on any atom is 0.348 e. The zero-order valence-corrected chi connectivity index (χ0v) is 13.6. The predicted molar refractivity (Wildman–Crippen MR) is 79.1 cm³/mol. The molecule has 1 aliphatic rings. The summed E-state index contributed by atoms with van der Waals surface area (Å²) in [5, 5.41) is 4.63. The molecule has 6 nitrogen and oxygen atoms in total. The molecule has 0 bridgehead atoms. The molecule has 1 unspecified atom stereocenters. The van der Waals surface area contributed by atoms with E-state index in [-0.39, 0.29) is 23.3 Å². The van der Waals surface area contributed by atoms with Crippen LogP contribution in [0.15, 0.2) is 16.3 Å². The molecule has 0 radical (unpaired) electrons. The van der Waals surface area contributed by atoms with Crippen LogP contribution in [0.25, 0.3) is 0 Å². The van der Waals surface area contributed by atoms with E-state index < -0.39 is 16.0 Å². The number of carbonyl (C=O) groups is 1. The molecule has 20 heavy (non-hydrogen) atoms. The number of methoxy groups -OCH3 is 1. The Bertz CT molecular complexity index is 573. The van der Waals surface area contributed by atoms with Gasteiger partial charge in [0.1, 0.15) is 4.88 Å². The number of thiophene rings is 1. The van der Waals surface area contributed by atoms with Crippen molar-refractivity contribution in [2.75, 3.05) is 26.7 Å². The molecule has 114 valence electrons. The van der Waals surface area contributed by atoms with Crippen molar-refractivity contribution in [2.24, 2.45) is 0 Å². The van der Waals surface area contributed by atoms with Gasteiger partial charge < -0.3 is 10.1 Å². The van der Waals surface area contributed by atoms with Gasteiger partial charge in [-0.3, -0.25) is 0 Å². The molecule has 0 aromatic carbocycles. The van der Waals surface area contributed by atoms with Gasteiger partial charge in [-0.15, -0.1) is 23.7 Å². The SMILES string of the molecule is COC(=O)c1cc(S(=O)(=O)N2CCNCC2C)cs1.Cl. The number of hydrogen-bond acceptors (Lipinski definition) is 6. The zero-order valence-electron chi connectivity index (χ0n) is 11.2. The molecule has 1 aromatic heterocycles. The lowest BCUT2D eigenvalue weighted by atomic mass is 10.3. The Kier molecular flexibility index (Phi) is 5.96. The number of rotatable bonds is 3. The molecule has 0 saturated carbocycles. The first kappa shape index (κ1) is 17.4. The summed E-state index contributed by atoms with van der Waals surface area (Å²) in [6, 6.07) is 1.28. The van der Waals surface area contributed by atoms with Crippen molar-refractivity contribution in [1.82, 2.24) is 9.62 Å². The fourth-order valence-electron chi connectivity index (χ4n) is 1.98. The van der Waals surface area contributed by atoms with Gasteiger partial charge in [0.2, 0.25) is 10.0 Å². The van der Waals surface area contributed by atoms with Crippen LogP contribution in [0.1, 0.15) is 16.6 Å². The Hall–Kier alpha value is -0.670. The number of halogens is 1. The molecular formula is C11H17ClN2O4S2. The van der Waals surface area contributed by atoms with Gasteiger partial charge in [-0.25, -0.2) is 13.2 Å². The standard InChI is InChI=1S/C11H16N2O4S2.ClH/c1-8-6-12-3-4-13(8)19(15,16)9-5-10(18-7-9)11(14)17-2;/h5,7-8,12H,3-4,6H2,1-2H3;1H. The van der Waals surface area contributed by atoms with Crippen molar-refractivity contribution in [1.29, 1.82) is 0 Å². The third-order valence-electron chi connectivity index (χ3n) is 3.01. The average molecular weight is 341 g/mol. The van der Waals surface area contributed by atoms with Gasteiger partial charge in [-0.05, 0) is 13.0 Å². The highest BCUT2D eigenvalue weighted by Crippen LogP contribution is 2.25. The molecule has 0 amide bonds. The first-order valence-electron chi connectivity index (χ1n) is 5.86. The van der Waals surface area contributed by atoms with Crippen LogP contribution in [0.3, 0.4) is 0 Å². The van der Waals surface area contributed by atoms with E-state index in [9.17, 15) is 13.2 Å². The van der Waals surface area contributed by atoms with Gasteiger partial charge >= 0.3 is 5.97 Å². The van der Waals surface area contributed by atoms with E-state index in [1.165, 1.54) is 22.9 Å². The lowest BCUT2D eigenvalue weighted by Crippen LogP contribution is -2.52. The highest BCUT2D eigenvalue weighted by molar-refractivity contribution is 7.89. The number of esters is 1. The van der Waals surface area contributed by atoms with Crippen LogP contribution < -0.4 is 5.32 Å². The highest BCUT2D eigenvalue weighted by Gasteiger charge is 2.32. The van der Waals surface area contributed by atoms with Gasteiger partial charge in [-0.2, -0.15) is 4.31 Å². The average Bonchev–Trinajstić information content (AvgIpc) is 2.88. The van der Waals surface area contributed by atoms with Crippen molar-refractivity contribution in [3.63, 3.8) is 0 Å². The molecule has 1 N–H and O–H groups in total. The van der Waals surface area contributed by atoms with Crippen LogP contribution in [0, 0.1) is 0 Å². The summed E-state index contributed by atoms with van der Waals surface area (Å²) < 4.78 is 31.0. The van der Waals surface area contributed by atoms with Crippen molar-refractivity contribution in [2.45, 2.75) is 17.9 Å². The number of hydrogen-bond donors (Lipinski definition) is 1. The number of nitrogens with one attached hydrogen (secondary N) is 1. The summed E-state index contributed by atoms with van der Waals surface area (Å²) in [5.41, 5.74) is 0. The van der Waals surface area contributed by atoms with E-state index in [4.69, 9.17) is 0 Å². The van der Waals surface area contributed by atoms with Gasteiger partial charge in [0, 0.05) is 31.1 Å². The first-order chi connectivity index (χ1) is 8.96. The molecule has 0 spiro atoms. The molecule has 2 rings (SSSR count). The second-order valence-electron chi connectivity index (χ2n) is 4.31.